The average Bonchev–Trinajstić information content (AvgIpc) is 2.89. The van der Waals surface area contributed by atoms with Crippen LogP contribution in [0.4, 0.5) is 5.69 Å². The summed E-state index contributed by atoms with van der Waals surface area (Å²) in [6, 6.07) is 15.5. The molecular formula is C19H18N2. The SMILES string of the molecule is Cc1ccc2c(c1)N(Cc1ccc3ccncc3c1)CC2. The summed E-state index contributed by atoms with van der Waals surface area (Å²) < 4.78 is 0. The quantitative estimate of drug-likeness (QED) is 0.699. The number of hydrogen-bond acceptors (Lipinski definition) is 2. The zero-order valence-corrected chi connectivity index (χ0v) is 12.2. The third-order valence-corrected chi connectivity index (χ3v) is 4.31. The van der Waals surface area contributed by atoms with Crippen molar-refractivity contribution in [1.29, 1.82) is 0 Å². The van der Waals surface area contributed by atoms with Crippen molar-refractivity contribution in [2.75, 3.05) is 11.4 Å². The number of aromatic nitrogens is 1. The molecule has 2 heteroatoms. The largest absolute Gasteiger partial charge is 0.367 e. The van der Waals surface area contributed by atoms with Gasteiger partial charge in [0.25, 0.3) is 0 Å². The molecule has 0 unspecified atom stereocenters. The summed E-state index contributed by atoms with van der Waals surface area (Å²) in [4.78, 5) is 6.71. The lowest BCUT2D eigenvalue weighted by Gasteiger charge is -2.20. The molecule has 0 saturated heterocycles. The van der Waals surface area contributed by atoms with Crippen molar-refractivity contribution in [3.63, 3.8) is 0 Å². The highest BCUT2D eigenvalue weighted by atomic mass is 15.1. The second kappa shape index (κ2) is 4.88. The van der Waals surface area contributed by atoms with Crippen LogP contribution in [0.3, 0.4) is 0 Å². The first-order valence-corrected chi connectivity index (χ1v) is 7.47. The van der Waals surface area contributed by atoms with Gasteiger partial charge in [-0.1, -0.05) is 24.3 Å². The molecule has 1 aliphatic heterocycles. The predicted molar refractivity (Wildman–Crippen MR) is 87.7 cm³/mol. The second-order valence-electron chi connectivity index (χ2n) is 5.86. The fourth-order valence-electron chi connectivity index (χ4n) is 3.17. The maximum Gasteiger partial charge on any atom is 0.0429 e. The van der Waals surface area contributed by atoms with Crippen LogP contribution in [0, 0.1) is 6.92 Å². The van der Waals surface area contributed by atoms with Gasteiger partial charge in [0.2, 0.25) is 0 Å². The highest BCUT2D eigenvalue weighted by Gasteiger charge is 2.18. The first-order chi connectivity index (χ1) is 10.3. The van der Waals surface area contributed by atoms with E-state index in [2.05, 4.69) is 59.3 Å². The molecule has 21 heavy (non-hydrogen) atoms. The molecule has 2 nitrogen and oxygen atoms in total. The number of fused-ring (bicyclic) bond motifs is 2. The van der Waals surface area contributed by atoms with Gasteiger partial charge in [-0.2, -0.15) is 0 Å². The Morgan fingerprint density at radius 3 is 2.95 bits per heavy atom. The van der Waals surface area contributed by atoms with E-state index in [0.29, 0.717) is 0 Å². The molecule has 3 aromatic rings. The van der Waals surface area contributed by atoms with Gasteiger partial charge in [0.05, 0.1) is 0 Å². The average molecular weight is 274 g/mol. The molecule has 0 N–H and O–H groups in total. The lowest BCUT2D eigenvalue weighted by Crippen LogP contribution is -2.19. The van der Waals surface area contributed by atoms with Crippen molar-refractivity contribution in [3.8, 4) is 0 Å². The molecule has 1 aliphatic rings. The van der Waals surface area contributed by atoms with E-state index in [9.17, 15) is 0 Å². The van der Waals surface area contributed by atoms with Crippen molar-refractivity contribution in [3.05, 3.63) is 71.5 Å². The first kappa shape index (κ1) is 12.4. The van der Waals surface area contributed by atoms with Crippen LogP contribution in [-0.2, 0) is 13.0 Å². The predicted octanol–water partition coefficient (Wildman–Crippen LogP) is 4.11. The highest BCUT2D eigenvalue weighted by Crippen LogP contribution is 2.30. The molecular weight excluding hydrogens is 256 g/mol. The molecule has 1 aromatic heterocycles. The van der Waals surface area contributed by atoms with Crippen molar-refractivity contribution >= 4 is 16.5 Å². The summed E-state index contributed by atoms with van der Waals surface area (Å²) >= 11 is 0. The Hall–Kier alpha value is -2.35. The Labute approximate surface area is 125 Å². The van der Waals surface area contributed by atoms with Gasteiger partial charge in [-0.15, -0.1) is 0 Å². The van der Waals surface area contributed by atoms with Crippen molar-refractivity contribution in [2.45, 2.75) is 19.9 Å². The number of hydrogen-bond donors (Lipinski definition) is 0. The fourth-order valence-corrected chi connectivity index (χ4v) is 3.17. The standard InChI is InChI=1S/C19H18N2/c1-14-2-4-17-7-9-21(19(17)10-14)13-15-3-5-16-6-8-20-12-18(16)11-15/h2-6,8,10-12H,7,9,13H2,1H3. The minimum absolute atomic E-state index is 0.973. The molecule has 2 aromatic carbocycles. The van der Waals surface area contributed by atoms with E-state index in [1.54, 1.807) is 0 Å². The summed E-state index contributed by atoms with van der Waals surface area (Å²) in [5.74, 6) is 0. The lowest BCUT2D eigenvalue weighted by atomic mass is 10.1. The second-order valence-corrected chi connectivity index (χ2v) is 5.86. The van der Waals surface area contributed by atoms with Crippen LogP contribution < -0.4 is 4.90 Å². The summed E-state index contributed by atoms with van der Waals surface area (Å²) in [5.41, 5.74) is 5.57. The summed E-state index contributed by atoms with van der Waals surface area (Å²) in [5, 5.41) is 2.48. The zero-order valence-electron chi connectivity index (χ0n) is 12.2. The Balaban J connectivity index is 1.66. The van der Waals surface area contributed by atoms with Gasteiger partial charge in [0, 0.05) is 36.6 Å². The molecule has 0 spiro atoms. The smallest absolute Gasteiger partial charge is 0.0429 e. The molecule has 0 fully saturated rings. The number of nitrogens with zero attached hydrogens (tertiary/aromatic N) is 2. The molecule has 0 amide bonds. The fraction of sp³-hybridized carbons (Fsp3) is 0.211. The summed E-state index contributed by atoms with van der Waals surface area (Å²) in [6.45, 7) is 4.25. The summed E-state index contributed by atoms with van der Waals surface area (Å²) in [7, 11) is 0. The minimum Gasteiger partial charge on any atom is -0.367 e. The number of benzene rings is 2. The van der Waals surface area contributed by atoms with Crippen LogP contribution in [0.25, 0.3) is 10.8 Å². The maximum absolute atomic E-state index is 4.22. The Morgan fingerprint density at radius 2 is 2.00 bits per heavy atom. The van der Waals surface area contributed by atoms with Gasteiger partial charge < -0.3 is 4.90 Å². The van der Waals surface area contributed by atoms with Gasteiger partial charge in [-0.05, 0) is 53.6 Å². The third kappa shape index (κ3) is 2.27. The van der Waals surface area contributed by atoms with Crippen LogP contribution in [0.1, 0.15) is 16.7 Å². The van der Waals surface area contributed by atoms with E-state index in [4.69, 9.17) is 0 Å². The maximum atomic E-state index is 4.22. The first-order valence-electron chi connectivity index (χ1n) is 7.47. The lowest BCUT2D eigenvalue weighted by molar-refractivity contribution is 0.837. The van der Waals surface area contributed by atoms with E-state index in [-0.39, 0.29) is 0 Å². The normalized spacial score (nSPS) is 13.7. The van der Waals surface area contributed by atoms with E-state index in [1.807, 2.05) is 12.4 Å². The number of anilines is 1. The van der Waals surface area contributed by atoms with Gasteiger partial charge >= 0.3 is 0 Å². The zero-order chi connectivity index (χ0) is 14.2. The Kier molecular flexibility index (Phi) is 2.88. The molecule has 0 aliphatic carbocycles. The van der Waals surface area contributed by atoms with Gasteiger partial charge in [-0.25, -0.2) is 0 Å². The van der Waals surface area contributed by atoms with E-state index in [0.717, 1.165) is 19.5 Å². The van der Waals surface area contributed by atoms with E-state index >= 15 is 0 Å². The molecule has 4 rings (SSSR count). The molecule has 2 heterocycles. The third-order valence-electron chi connectivity index (χ3n) is 4.31. The Morgan fingerprint density at radius 1 is 1.05 bits per heavy atom. The molecule has 0 radical (unpaired) electrons. The van der Waals surface area contributed by atoms with Gasteiger partial charge in [0.1, 0.15) is 0 Å². The van der Waals surface area contributed by atoms with Crippen molar-refractivity contribution in [2.24, 2.45) is 0 Å². The number of pyridine rings is 1. The van der Waals surface area contributed by atoms with Crippen molar-refractivity contribution < 1.29 is 0 Å². The van der Waals surface area contributed by atoms with Crippen LogP contribution in [0.5, 0.6) is 0 Å². The summed E-state index contributed by atoms with van der Waals surface area (Å²) in [6.07, 6.45) is 4.95. The van der Waals surface area contributed by atoms with Crippen LogP contribution in [0.2, 0.25) is 0 Å². The minimum atomic E-state index is 0.973. The Bertz CT molecular complexity index is 808. The van der Waals surface area contributed by atoms with E-state index < -0.39 is 0 Å². The molecule has 0 atom stereocenters. The molecule has 0 saturated carbocycles. The van der Waals surface area contributed by atoms with Crippen LogP contribution >= 0.6 is 0 Å². The van der Waals surface area contributed by atoms with Gasteiger partial charge in [-0.3, -0.25) is 4.98 Å². The monoisotopic (exact) mass is 274 g/mol. The number of aryl methyl sites for hydroxylation is 1. The topological polar surface area (TPSA) is 16.1 Å². The molecule has 0 bridgehead atoms. The van der Waals surface area contributed by atoms with Crippen LogP contribution in [0.15, 0.2) is 54.9 Å². The van der Waals surface area contributed by atoms with Gasteiger partial charge in [0.15, 0.2) is 0 Å². The van der Waals surface area contributed by atoms with E-state index in [1.165, 1.54) is 33.2 Å². The number of rotatable bonds is 2. The van der Waals surface area contributed by atoms with Crippen LogP contribution in [-0.4, -0.2) is 11.5 Å². The highest BCUT2D eigenvalue weighted by molar-refractivity contribution is 5.82. The van der Waals surface area contributed by atoms with Crippen molar-refractivity contribution in [1.82, 2.24) is 4.98 Å². The molecule has 104 valence electrons.